The minimum absolute atomic E-state index is 0.347. The number of benzene rings is 2. The quantitative estimate of drug-likeness (QED) is 0.750. The smallest absolute Gasteiger partial charge is 0.115 e. The van der Waals surface area contributed by atoms with Crippen molar-refractivity contribution in [2.45, 2.75) is 38.5 Å². The molecule has 134 valence electrons. The predicted molar refractivity (Wildman–Crippen MR) is 102 cm³/mol. The summed E-state index contributed by atoms with van der Waals surface area (Å²) in [6.45, 7) is 3.19. The van der Waals surface area contributed by atoms with Crippen molar-refractivity contribution in [1.82, 2.24) is 4.90 Å². The first-order valence-corrected chi connectivity index (χ1v) is 9.47. The standard InChI is InChI=1S/C22H29NO2/c24-21-9-3-7-18(15-21)11-13-23(17-20-5-1-2-6-20)14-12-19-8-4-10-22(25)16-19/h3-4,7-10,15-16,20,24-25H,1-2,5-6,11-14,17H2. The molecule has 1 saturated carbocycles. The van der Waals surface area contributed by atoms with Crippen molar-refractivity contribution in [1.29, 1.82) is 0 Å². The summed E-state index contributed by atoms with van der Waals surface area (Å²) in [5.74, 6) is 1.52. The molecule has 3 rings (SSSR count). The normalized spacial score (nSPS) is 15.1. The van der Waals surface area contributed by atoms with Crippen LogP contribution in [0.1, 0.15) is 36.8 Å². The lowest BCUT2D eigenvalue weighted by Gasteiger charge is -2.25. The minimum Gasteiger partial charge on any atom is -0.508 e. The molecule has 0 saturated heterocycles. The molecule has 1 fully saturated rings. The van der Waals surface area contributed by atoms with E-state index in [1.54, 1.807) is 12.1 Å². The van der Waals surface area contributed by atoms with Crippen LogP contribution in [-0.2, 0) is 12.8 Å². The molecule has 2 aromatic rings. The van der Waals surface area contributed by atoms with Crippen molar-refractivity contribution >= 4 is 0 Å². The third-order valence-corrected chi connectivity index (χ3v) is 5.25. The predicted octanol–water partition coefficient (Wildman–Crippen LogP) is 4.38. The van der Waals surface area contributed by atoms with E-state index in [1.807, 2.05) is 24.3 Å². The van der Waals surface area contributed by atoms with E-state index in [0.29, 0.717) is 11.5 Å². The molecule has 0 atom stereocenters. The SMILES string of the molecule is Oc1cccc(CCN(CCc2cccc(O)c2)CC2CCCC2)c1. The minimum atomic E-state index is 0.347. The van der Waals surface area contributed by atoms with Crippen molar-refractivity contribution in [3.05, 3.63) is 59.7 Å². The van der Waals surface area contributed by atoms with Crippen LogP contribution in [0.3, 0.4) is 0 Å². The van der Waals surface area contributed by atoms with Gasteiger partial charge in [0.1, 0.15) is 11.5 Å². The molecular formula is C22H29NO2. The summed E-state index contributed by atoms with van der Waals surface area (Å²) in [5, 5.41) is 19.3. The fraction of sp³-hybridized carbons (Fsp3) is 0.455. The van der Waals surface area contributed by atoms with Crippen LogP contribution in [0.4, 0.5) is 0 Å². The average molecular weight is 339 g/mol. The van der Waals surface area contributed by atoms with Crippen molar-refractivity contribution in [3.63, 3.8) is 0 Å². The molecule has 2 N–H and O–H groups in total. The summed E-state index contributed by atoms with van der Waals surface area (Å²) in [5.41, 5.74) is 2.38. The van der Waals surface area contributed by atoms with Gasteiger partial charge in [-0.25, -0.2) is 0 Å². The molecule has 0 radical (unpaired) electrons. The van der Waals surface area contributed by atoms with Crippen LogP contribution in [-0.4, -0.2) is 34.7 Å². The van der Waals surface area contributed by atoms with Gasteiger partial charge in [0, 0.05) is 19.6 Å². The Morgan fingerprint density at radius 1 is 0.800 bits per heavy atom. The zero-order valence-electron chi connectivity index (χ0n) is 14.9. The lowest BCUT2D eigenvalue weighted by molar-refractivity contribution is 0.236. The molecule has 3 nitrogen and oxygen atoms in total. The van der Waals surface area contributed by atoms with Crippen molar-refractivity contribution < 1.29 is 10.2 Å². The first-order chi connectivity index (χ1) is 12.2. The van der Waals surface area contributed by atoms with Crippen LogP contribution in [0.15, 0.2) is 48.5 Å². The van der Waals surface area contributed by atoms with E-state index in [2.05, 4.69) is 17.0 Å². The fourth-order valence-electron chi connectivity index (χ4n) is 3.85. The van der Waals surface area contributed by atoms with Gasteiger partial charge in [0.2, 0.25) is 0 Å². The Labute approximate surface area is 150 Å². The van der Waals surface area contributed by atoms with Crippen molar-refractivity contribution in [3.8, 4) is 11.5 Å². The summed E-state index contributed by atoms with van der Waals surface area (Å²) in [4.78, 5) is 2.56. The van der Waals surface area contributed by atoms with Crippen LogP contribution >= 0.6 is 0 Å². The maximum atomic E-state index is 9.65. The van der Waals surface area contributed by atoms with Gasteiger partial charge in [-0.2, -0.15) is 0 Å². The topological polar surface area (TPSA) is 43.7 Å². The van der Waals surface area contributed by atoms with E-state index in [-0.39, 0.29) is 0 Å². The highest BCUT2D eigenvalue weighted by molar-refractivity contribution is 5.28. The van der Waals surface area contributed by atoms with Gasteiger partial charge in [-0.3, -0.25) is 0 Å². The van der Waals surface area contributed by atoms with E-state index in [1.165, 1.54) is 36.8 Å². The average Bonchev–Trinajstić information content (AvgIpc) is 3.10. The van der Waals surface area contributed by atoms with Gasteiger partial charge in [-0.1, -0.05) is 37.1 Å². The van der Waals surface area contributed by atoms with E-state index in [4.69, 9.17) is 0 Å². The first-order valence-electron chi connectivity index (χ1n) is 9.47. The molecule has 0 unspecified atom stereocenters. The van der Waals surface area contributed by atoms with Gasteiger partial charge >= 0.3 is 0 Å². The largest absolute Gasteiger partial charge is 0.508 e. The second-order valence-electron chi connectivity index (χ2n) is 7.29. The number of rotatable bonds is 8. The number of hydrogen-bond acceptors (Lipinski definition) is 3. The third kappa shape index (κ3) is 5.79. The summed E-state index contributed by atoms with van der Waals surface area (Å²) in [6, 6.07) is 15.2. The number of aromatic hydroxyl groups is 2. The third-order valence-electron chi connectivity index (χ3n) is 5.25. The van der Waals surface area contributed by atoms with E-state index >= 15 is 0 Å². The number of phenols is 2. The van der Waals surface area contributed by atoms with Crippen LogP contribution < -0.4 is 0 Å². The van der Waals surface area contributed by atoms with Crippen LogP contribution in [0, 0.1) is 5.92 Å². The summed E-state index contributed by atoms with van der Waals surface area (Å²) >= 11 is 0. The lowest BCUT2D eigenvalue weighted by Crippen LogP contribution is -2.32. The molecule has 0 heterocycles. The van der Waals surface area contributed by atoms with Gasteiger partial charge in [0.15, 0.2) is 0 Å². The van der Waals surface area contributed by atoms with Gasteiger partial charge < -0.3 is 15.1 Å². The molecule has 1 aliphatic carbocycles. The van der Waals surface area contributed by atoms with Crippen molar-refractivity contribution in [2.24, 2.45) is 5.92 Å². The van der Waals surface area contributed by atoms with Crippen LogP contribution in [0.5, 0.6) is 11.5 Å². The number of nitrogens with zero attached hydrogens (tertiary/aromatic N) is 1. The fourth-order valence-corrected chi connectivity index (χ4v) is 3.85. The zero-order valence-corrected chi connectivity index (χ0v) is 14.9. The Morgan fingerprint density at radius 3 is 1.80 bits per heavy atom. The van der Waals surface area contributed by atoms with Gasteiger partial charge in [-0.15, -0.1) is 0 Å². The second kappa shape index (κ2) is 8.91. The summed E-state index contributed by atoms with van der Waals surface area (Å²) in [7, 11) is 0. The molecule has 3 heteroatoms. The highest BCUT2D eigenvalue weighted by Gasteiger charge is 2.18. The zero-order chi connectivity index (χ0) is 17.5. The van der Waals surface area contributed by atoms with E-state index in [0.717, 1.165) is 38.4 Å². The first kappa shape index (κ1) is 17.8. The van der Waals surface area contributed by atoms with E-state index in [9.17, 15) is 10.2 Å². The van der Waals surface area contributed by atoms with Gasteiger partial charge in [-0.05, 0) is 67.0 Å². The highest BCUT2D eigenvalue weighted by atomic mass is 16.3. The molecule has 0 aliphatic heterocycles. The van der Waals surface area contributed by atoms with Crippen LogP contribution in [0.2, 0.25) is 0 Å². The summed E-state index contributed by atoms with van der Waals surface area (Å²) in [6.07, 6.45) is 7.38. The molecule has 25 heavy (non-hydrogen) atoms. The molecule has 0 spiro atoms. The number of hydrogen-bond donors (Lipinski definition) is 2. The Morgan fingerprint density at radius 2 is 1.32 bits per heavy atom. The maximum Gasteiger partial charge on any atom is 0.115 e. The summed E-state index contributed by atoms with van der Waals surface area (Å²) < 4.78 is 0. The molecular weight excluding hydrogens is 310 g/mol. The Balaban J connectivity index is 1.57. The Bertz CT molecular complexity index is 615. The monoisotopic (exact) mass is 339 g/mol. The maximum absolute atomic E-state index is 9.65. The lowest BCUT2D eigenvalue weighted by atomic mass is 10.1. The molecule has 0 bridgehead atoms. The van der Waals surface area contributed by atoms with Gasteiger partial charge in [0.05, 0.1) is 0 Å². The molecule has 2 aromatic carbocycles. The molecule has 0 aromatic heterocycles. The highest BCUT2D eigenvalue weighted by Crippen LogP contribution is 2.26. The van der Waals surface area contributed by atoms with Crippen LogP contribution in [0.25, 0.3) is 0 Å². The van der Waals surface area contributed by atoms with E-state index < -0.39 is 0 Å². The molecule has 1 aliphatic rings. The number of phenolic OH excluding ortho intramolecular Hbond substituents is 2. The molecule has 0 amide bonds. The Kier molecular flexibility index (Phi) is 6.35. The Hall–Kier alpha value is -2.00. The second-order valence-corrected chi connectivity index (χ2v) is 7.29. The van der Waals surface area contributed by atoms with Crippen molar-refractivity contribution in [2.75, 3.05) is 19.6 Å². The van der Waals surface area contributed by atoms with Gasteiger partial charge in [0.25, 0.3) is 0 Å².